The second kappa shape index (κ2) is 8.70. The van der Waals surface area contributed by atoms with E-state index in [1.165, 1.54) is 21.6 Å². The minimum atomic E-state index is -3.91. The molecule has 0 radical (unpaired) electrons. The quantitative estimate of drug-likeness (QED) is 0.536. The van der Waals surface area contributed by atoms with Crippen molar-refractivity contribution in [2.24, 2.45) is 0 Å². The van der Waals surface area contributed by atoms with Crippen molar-refractivity contribution in [3.8, 4) is 11.1 Å². The molecular weight excluding hydrogens is 420 g/mol. The van der Waals surface area contributed by atoms with Crippen molar-refractivity contribution >= 4 is 27.7 Å². The number of hydrogen-bond donors (Lipinski definition) is 2. The van der Waals surface area contributed by atoms with Gasteiger partial charge in [-0.05, 0) is 48.6 Å². The molecule has 8 heteroatoms. The first-order chi connectivity index (χ1) is 14.1. The van der Waals surface area contributed by atoms with Gasteiger partial charge in [-0.15, -0.1) is 0 Å². The zero-order valence-corrected chi connectivity index (χ0v) is 19.3. The summed E-state index contributed by atoms with van der Waals surface area (Å²) in [6.45, 7) is 8.08. The fourth-order valence-corrected chi connectivity index (χ4v) is 6.86. The van der Waals surface area contributed by atoms with Crippen LogP contribution in [-0.2, 0) is 14.8 Å². The Balaban J connectivity index is 1.95. The van der Waals surface area contributed by atoms with Crippen LogP contribution in [0, 0.1) is 0 Å². The van der Waals surface area contributed by atoms with E-state index in [1.807, 2.05) is 26.0 Å². The molecule has 0 unspecified atom stereocenters. The molecular formula is C22H28N2O4S2. The van der Waals surface area contributed by atoms with Gasteiger partial charge in [-0.1, -0.05) is 50.2 Å². The van der Waals surface area contributed by atoms with Crippen LogP contribution in [0.25, 0.3) is 11.1 Å². The number of benzene rings is 2. The molecule has 1 aliphatic rings. The molecule has 2 aromatic carbocycles. The number of hydroxylamine groups is 1. The van der Waals surface area contributed by atoms with E-state index in [1.54, 1.807) is 29.7 Å². The van der Waals surface area contributed by atoms with Crippen molar-refractivity contribution in [3.63, 3.8) is 0 Å². The number of carbonyl (C=O) groups is 1. The fraction of sp³-hybridized carbons (Fsp3) is 0.409. The topological polar surface area (TPSA) is 86.7 Å². The molecule has 6 nitrogen and oxygen atoms in total. The summed E-state index contributed by atoms with van der Waals surface area (Å²) in [7, 11) is -3.91. The summed E-state index contributed by atoms with van der Waals surface area (Å²) in [6, 6.07) is 13.9. The van der Waals surface area contributed by atoms with Crippen LogP contribution < -0.4 is 5.48 Å². The number of amides is 1. The number of sulfonamides is 1. The molecule has 3 rings (SSSR count). The first-order valence-electron chi connectivity index (χ1n) is 9.88. The fourth-order valence-electron chi connectivity index (χ4n) is 3.75. The summed E-state index contributed by atoms with van der Waals surface area (Å²) in [6.07, 6.45) is 0. The van der Waals surface area contributed by atoms with Crippen LogP contribution in [0.5, 0.6) is 0 Å². The third-order valence-corrected chi connectivity index (χ3v) is 8.67. The first-order valence-corrected chi connectivity index (χ1v) is 12.3. The smallest absolute Gasteiger partial charge is 0.263 e. The van der Waals surface area contributed by atoms with Gasteiger partial charge >= 0.3 is 0 Å². The van der Waals surface area contributed by atoms with Gasteiger partial charge in [0.2, 0.25) is 10.0 Å². The van der Waals surface area contributed by atoms with E-state index in [9.17, 15) is 13.2 Å². The average molecular weight is 449 g/mol. The Morgan fingerprint density at radius 1 is 1.17 bits per heavy atom. The molecule has 2 aromatic rings. The number of carbonyl (C=O) groups excluding carboxylic acids is 1. The molecule has 2 N–H and O–H groups in total. The highest BCUT2D eigenvalue weighted by Crippen LogP contribution is 2.38. The lowest BCUT2D eigenvalue weighted by molar-refractivity contribution is -0.134. The zero-order valence-electron chi connectivity index (χ0n) is 17.6. The van der Waals surface area contributed by atoms with Crippen molar-refractivity contribution in [1.29, 1.82) is 0 Å². The largest absolute Gasteiger partial charge is 0.289 e. The Bertz CT molecular complexity index is 1020. The molecule has 0 bridgehead atoms. The van der Waals surface area contributed by atoms with Crippen LogP contribution >= 0.6 is 11.8 Å². The lowest BCUT2D eigenvalue weighted by Gasteiger charge is -2.43. The lowest BCUT2D eigenvalue weighted by atomic mass is 9.97. The van der Waals surface area contributed by atoms with Gasteiger partial charge in [0.1, 0.15) is 6.04 Å². The summed E-state index contributed by atoms with van der Waals surface area (Å²) in [4.78, 5) is 12.4. The Morgan fingerprint density at radius 3 is 2.43 bits per heavy atom. The predicted molar refractivity (Wildman–Crippen MR) is 120 cm³/mol. The number of rotatable bonds is 5. The van der Waals surface area contributed by atoms with Crippen molar-refractivity contribution in [3.05, 3.63) is 54.1 Å². The molecule has 0 spiro atoms. The van der Waals surface area contributed by atoms with E-state index in [0.717, 1.165) is 11.1 Å². The molecule has 1 saturated heterocycles. The van der Waals surface area contributed by atoms with Crippen molar-refractivity contribution in [2.45, 2.75) is 49.3 Å². The molecule has 1 amide bonds. The van der Waals surface area contributed by atoms with Gasteiger partial charge in [-0.3, -0.25) is 10.0 Å². The van der Waals surface area contributed by atoms with Gasteiger partial charge < -0.3 is 0 Å². The standard InChI is InChI=1S/C22H28N2O4S2/c1-15(2)17-6-5-7-18(14-17)16-8-10-19(11-9-16)30(27,28)24-12-13-29-22(3,4)20(24)21(25)23-26/h5-11,14-15,20,26H,12-13H2,1-4H3,(H,23,25)/t20-/m0/s1. The van der Waals surface area contributed by atoms with Crippen LogP contribution in [-0.4, -0.2) is 46.9 Å². The van der Waals surface area contributed by atoms with E-state index in [4.69, 9.17) is 5.21 Å². The number of hydrogen-bond acceptors (Lipinski definition) is 5. The van der Waals surface area contributed by atoms with Crippen LogP contribution in [0.15, 0.2) is 53.4 Å². The van der Waals surface area contributed by atoms with E-state index in [0.29, 0.717) is 11.7 Å². The zero-order chi connectivity index (χ0) is 22.1. The number of thioether (sulfide) groups is 1. The molecule has 1 heterocycles. The Labute approximate surface area is 182 Å². The van der Waals surface area contributed by atoms with E-state index in [2.05, 4.69) is 26.0 Å². The van der Waals surface area contributed by atoms with Crippen LogP contribution in [0.4, 0.5) is 0 Å². The summed E-state index contributed by atoms with van der Waals surface area (Å²) in [5.74, 6) is 0.249. The molecule has 1 atom stereocenters. The molecule has 0 aliphatic carbocycles. The minimum Gasteiger partial charge on any atom is -0.289 e. The minimum absolute atomic E-state index is 0.129. The average Bonchev–Trinajstić information content (AvgIpc) is 2.72. The lowest BCUT2D eigenvalue weighted by Crippen LogP contribution is -2.61. The van der Waals surface area contributed by atoms with Crippen LogP contribution in [0.3, 0.4) is 0 Å². The Morgan fingerprint density at radius 2 is 1.83 bits per heavy atom. The number of nitrogens with one attached hydrogen (secondary N) is 1. The number of nitrogens with zero attached hydrogens (tertiary/aromatic N) is 1. The first kappa shape index (κ1) is 22.8. The van der Waals surface area contributed by atoms with E-state index >= 15 is 0 Å². The Hall–Kier alpha value is -1.87. The highest BCUT2D eigenvalue weighted by molar-refractivity contribution is 8.00. The maximum atomic E-state index is 13.4. The third-order valence-electron chi connectivity index (χ3n) is 5.44. The van der Waals surface area contributed by atoms with Gasteiger partial charge in [-0.2, -0.15) is 16.1 Å². The summed E-state index contributed by atoms with van der Waals surface area (Å²) in [5, 5.41) is 9.17. The molecule has 1 fully saturated rings. The molecule has 0 aromatic heterocycles. The summed E-state index contributed by atoms with van der Waals surface area (Å²) >= 11 is 1.51. The highest BCUT2D eigenvalue weighted by atomic mass is 32.2. The van der Waals surface area contributed by atoms with Crippen molar-refractivity contribution in [1.82, 2.24) is 9.79 Å². The van der Waals surface area contributed by atoms with Gasteiger partial charge in [0.05, 0.1) is 4.90 Å². The maximum absolute atomic E-state index is 13.4. The van der Waals surface area contributed by atoms with Gasteiger partial charge in [0.25, 0.3) is 5.91 Å². The summed E-state index contributed by atoms with van der Waals surface area (Å²) in [5.41, 5.74) is 4.80. The van der Waals surface area contributed by atoms with E-state index in [-0.39, 0.29) is 11.4 Å². The van der Waals surface area contributed by atoms with Crippen LogP contribution in [0.1, 0.15) is 39.2 Å². The summed E-state index contributed by atoms with van der Waals surface area (Å²) < 4.78 is 27.2. The highest BCUT2D eigenvalue weighted by Gasteiger charge is 2.48. The normalized spacial score (nSPS) is 19.6. The molecule has 0 saturated carbocycles. The van der Waals surface area contributed by atoms with Gasteiger partial charge in [0.15, 0.2) is 0 Å². The van der Waals surface area contributed by atoms with Crippen LogP contribution in [0.2, 0.25) is 0 Å². The van der Waals surface area contributed by atoms with Gasteiger partial charge in [0, 0.05) is 17.0 Å². The second-order valence-corrected chi connectivity index (χ2v) is 11.9. The van der Waals surface area contributed by atoms with E-state index < -0.39 is 26.7 Å². The second-order valence-electron chi connectivity index (χ2n) is 8.25. The molecule has 30 heavy (non-hydrogen) atoms. The maximum Gasteiger partial charge on any atom is 0.263 e. The molecule has 1 aliphatic heterocycles. The predicted octanol–water partition coefficient (Wildman–Crippen LogP) is 3.87. The molecule has 162 valence electrons. The Kier molecular flexibility index (Phi) is 6.62. The van der Waals surface area contributed by atoms with Gasteiger partial charge in [-0.25, -0.2) is 13.9 Å². The van der Waals surface area contributed by atoms with Crippen molar-refractivity contribution < 1.29 is 18.4 Å². The van der Waals surface area contributed by atoms with Crippen molar-refractivity contribution in [2.75, 3.05) is 12.3 Å². The SMILES string of the molecule is CC(C)c1cccc(-c2ccc(S(=O)(=O)N3CCSC(C)(C)[C@@H]3C(=O)NO)cc2)c1. The third kappa shape index (κ3) is 4.42. The monoisotopic (exact) mass is 448 g/mol.